The van der Waals surface area contributed by atoms with Gasteiger partial charge in [0.15, 0.2) is 0 Å². The zero-order valence-electron chi connectivity index (χ0n) is 11.1. The van der Waals surface area contributed by atoms with E-state index in [9.17, 15) is 9.59 Å². The molecule has 1 unspecified atom stereocenters. The summed E-state index contributed by atoms with van der Waals surface area (Å²) in [6.45, 7) is 4.47. The number of primary amides is 1. The van der Waals surface area contributed by atoms with Gasteiger partial charge in [-0.3, -0.25) is 9.59 Å². The number of nitrogens with zero attached hydrogens (tertiary/aromatic N) is 2. The lowest BCUT2D eigenvalue weighted by atomic mass is 10.1. The van der Waals surface area contributed by atoms with E-state index in [1.807, 2.05) is 16.8 Å². The summed E-state index contributed by atoms with van der Waals surface area (Å²) in [5.41, 5.74) is 5.99. The van der Waals surface area contributed by atoms with Gasteiger partial charge < -0.3 is 20.5 Å². The molecule has 1 atom stereocenters. The van der Waals surface area contributed by atoms with Gasteiger partial charge in [0, 0.05) is 32.4 Å². The molecule has 3 N–H and O–H groups in total. The lowest BCUT2D eigenvalue weighted by Crippen LogP contribution is -2.58. The van der Waals surface area contributed by atoms with Gasteiger partial charge in [0.2, 0.25) is 5.91 Å². The van der Waals surface area contributed by atoms with Crippen molar-refractivity contribution in [1.82, 2.24) is 14.8 Å². The van der Waals surface area contributed by atoms with Crippen LogP contribution in [0, 0.1) is 0 Å². The average molecular weight is 264 g/mol. The van der Waals surface area contributed by atoms with Gasteiger partial charge in [-0.1, -0.05) is 6.92 Å². The molecule has 2 heterocycles. The molecule has 1 fully saturated rings. The highest BCUT2D eigenvalue weighted by molar-refractivity contribution is 5.96. The Hall–Kier alpha value is -1.82. The predicted octanol–water partition coefficient (Wildman–Crippen LogP) is -0.203. The second kappa shape index (κ2) is 5.88. The van der Waals surface area contributed by atoms with E-state index < -0.39 is 11.9 Å². The molecule has 0 saturated carbocycles. The largest absolute Gasteiger partial charge is 0.368 e. The summed E-state index contributed by atoms with van der Waals surface area (Å²) in [6.07, 6.45) is 2.84. The number of amides is 2. The second-order valence-electron chi connectivity index (χ2n) is 4.71. The molecule has 1 aliphatic heterocycles. The van der Waals surface area contributed by atoms with Crippen LogP contribution in [0.2, 0.25) is 0 Å². The molecule has 1 aliphatic rings. The average Bonchev–Trinajstić information content (AvgIpc) is 2.86. The molecule has 1 aromatic rings. The van der Waals surface area contributed by atoms with Crippen LogP contribution in [0.3, 0.4) is 0 Å². The maximum atomic E-state index is 12.5. The molecular formula is C13H20N4O2. The maximum absolute atomic E-state index is 12.5. The van der Waals surface area contributed by atoms with Gasteiger partial charge in [-0.25, -0.2) is 0 Å². The minimum absolute atomic E-state index is 0.122. The van der Waals surface area contributed by atoms with Crippen molar-refractivity contribution in [2.45, 2.75) is 25.9 Å². The van der Waals surface area contributed by atoms with E-state index in [0.717, 1.165) is 13.0 Å². The van der Waals surface area contributed by atoms with Crippen molar-refractivity contribution < 1.29 is 9.59 Å². The number of carbonyl (C=O) groups is 2. The number of aryl methyl sites for hydroxylation is 1. The first kappa shape index (κ1) is 13.6. The van der Waals surface area contributed by atoms with Gasteiger partial charge in [-0.05, 0) is 18.6 Å². The molecule has 0 radical (unpaired) electrons. The van der Waals surface area contributed by atoms with E-state index >= 15 is 0 Å². The Kier molecular flexibility index (Phi) is 4.21. The number of nitrogens with one attached hydrogen (secondary N) is 1. The third kappa shape index (κ3) is 2.78. The van der Waals surface area contributed by atoms with Crippen LogP contribution in [0.15, 0.2) is 18.3 Å². The molecule has 0 aliphatic carbocycles. The number of aromatic nitrogens is 1. The molecule has 1 saturated heterocycles. The van der Waals surface area contributed by atoms with Crippen LogP contribution in [-0.2, 0) is 11.3 Å². The monoisotopic (exact) mass is 264 g/mol. The quantitative estimate of drug-likeness (QED) is 0.790. The Morgan fingerprint density at radius 3 is 3.00 bits per heavy atom. The van der Waals surface area contributed by atoms with Crippen LogP contribution in [0.1, 0.15) is 23.8 Å². The van der Waals surface area contributed by atoms with Crippen molar-refractivity contribution in [3.05, 3.63) is 24.0 Å². The predicted molar refractivity (Wildman–Crippen MR) is 71.6 cm³/mol. The topological polar surface area (TPSA) is 80.4 Å². The first-order valence-electron chi connectivity index (χ1n) is 6.61. The molecule has 6 heteroatoms. The Morgan fingerprint density at radius 1 is 1.53 bits per heavy atom. The fraction of sp³-hybridized carbons (Fsp3) is 0.538. The Morgan fingerprint density at radius 2 is 2.32 bits per heavy atom. The number of hydrogen-bond donors (Lipinski definition) is 2. The van der Waals surface area contributed by atoms with Crippen molar-refractivity contribution in [3.63, 3.8) is 0 Å². The number of carbonyl (C=O) groups excluding carboxylic acids is 2. The zero-order chi connectivity index (χ0) is 13.8. The number of rotatable bonds is 4. The van der Waals surface area contributed by atoms with Crippen LogP contribution in [0.25, 0.3) is 0 Å². The highest BCUT2D eigenvalue weighted by Gasteiger charge is 2.32. The summed E-state index contributed by atoms with van der Waals surface area (Å²) in [5.74, 6) is -0.585. The summed E-state index contributed by atoms with van der Waals surface area (Å²) >= 11 is 0. The fourth-order valence-corrected chi connectivity index (χ4v) is 2.39. The van der Waals surface area contributed by atoms with E-state index in [0.29, 0.717) is 25.3 Å². The highest BCUT2D eigenvalue weighted by Crippen LogP contribution is 2.12. The fourth-order valence-electron chi connectivity index (χ4n) is 2.39. The Balaban J connectivity index is 2.21. The molecule has 0 bridgehead atoms. The van der Waals surface area contributed by atoms with Crippen LogP contribution in [0.4, 0.5) is 0 Å². The summed E-state index contributed by atoms with van der Waals surface area (Å²) in [4.78, 5) is 25.5. The van der Waals surface area contributed by atoms with E-state index in [4.69, 9.17) is 5.73 Å². The molecule has 2 amide bonds. The Labute approximate surface area is 112 Å². The normalized spacial score (nSPS) is 19.4. The second-order valence-corrected chi connectivity index (χ2v) is 4.71. The van der Waals surface area contributed by atoms with Gasteiger partial charge >= 0.3 is 0 Å². The summed E-state index contributed by atoms with van der Waals surface area (Å²) < 4.78 is 1.92. The van der Waals surface area contributed by atoms with E-state index in [2.05, 4.69) is 12.2 Å². The SMILES string of the molecule is CCCn1cccc1C(=O)N1CCNCC1C(N)=O. The van der Waals surface area contributed by atoms with Crippen molar-refractivity contribution in [2.24, 2.45) is 5.73 Å². The first-order chi connectivity index (χ1) is 9.15. The molecule has 6 nitrogen and oxygen atoms in total. The minimum Gasteiger partial charge on any atom is -0.368 e. The molecule has 0 aromatic carbocycles. The van der Waals surface area contributed by atoms with E-state index in [1.165, 1.54) is 0 Å². The van der Waals surface area contributed by atoms with Crippen LogP contribution >= 0.6 is 0 Å². The lowest BCUT2D eigenvalue weighted by molar-refractivity contribution is -0.122. The van der Waals surface area contributed by atoms with Gasteiger partial charge in [0.05, 0.1) is 0 Å². The van der Waals surface area contributed by atoms with Gasteiger partial charge in [0.1, 0.15) is 11.7 Å². The van der Waals surface area contributed by atoms with E-state index in [1.54, 1.807) is 11.0 Å². The minimum atomic E-state index is -0.564. The molecular weight excluding hydrogens is 244 g/mol. The van der Waals surface area contributed by atoms with Crippen molar-refractivity contribution >= 4 is 11.8 Å². The number of nitrogens with two attached hydrogens (primary N) is 1. The van der Waals surface area contributed by atoms with Crippen LogP contribution < -0.4 is 11.1 Å². The Bertz CT molecular complexity index is 469. The van der Waals surface area contributed by atoms with E-state index in [-0.39, 0.29) is 5.91 Å². The third-order valence-corrected chi connectivity index (χ3v) is 3.35. The summed E-state index contributed by atoms with van der Waals surface area (Å²) in [7, 11) is 0. The zero-order valence-corrected chi connectivity index (χ0v) is 11.1. The van der Waals surface area contributed by atoms with Crippen molar-refractivity contribution in [1.29, 1.82) is 0 Å². The highest BCUT2D eigenvalue weighted by atomic mass is 16.2. The molecule has 19 heavy (non-hydrogen) atoms. The van der Waals surface area contributed by atoms with Gasteiger partial charge in [0.25, 0.3) is 5.91 Å². The summed E-state index contributed by atoms with van der Waals surface area (Å²) in [6, 6.07) is 3.08. The van der Waals surface area contributed by atoms with Crippen molar-refractivity contribution in [2.75, 3.05) is 19.6 Å². The van der Waals surface area contributed by atoms with Gasteiger partial charge in [-0.15, -0.1) is 0 Å². The molecule has 0 spiro atoms. The number of hydrogen-bond acceptors (Lipinski definition) is 3. The van der Waals surface area contributed by atoms with Gasteiger partial charge in [-0.2, -0.15) is 0 Å². The first-order valence-corrected chi connectivity index (χ1v) is 6.61. The van der Waals surface area contributed by atoms with Crippen LogP contribution in [0.5, 0.6) is 0 Å². The van der Waals surface area contributed by atoms with Crippen molar-refractivity contribution in [3.8, 4) is 0 Å². The maximum Gasteiger partial charge on any atom is 0.271 e. The lowest BCUT2D eigenvalue weighted by Gasteiger charge is -2.34. The number of piperazine rings is 1. The third-order valence-electron chi connectivity index (χ3n) is 3.35. The summed E-state index contributed by atoms with van der Waals surface area (Å²) in [5, 5.41) is 3.08. The molecule has 1 aromatic heterocycles. The van der Waals surface area contributed by atoms with Crippen LogP contribution in [-0.4, -0.2) is 47.0 Å². The molecule has 104 valence electrons. The standard InChI is InChI=1S/C13H20N4O2/c1-2-6-16-7-3-4-10(16)13(19)17-8-5-15-9-11(17)12(14)18/h3-4,7,11,15H,2,5-6,8-9H2,1H3,(H2,14,18). The molecule has 2 rings (SSSR count). The smallest absolute Gasteiger partial charge is 0.271 e.